The highest BCUT2D eigenvalue weighted by molar-refractivity contribution is 5.77. The van der Waals surface area contributed by atoms with Gasteiger partial charge in [-0.05, 0) is 32.7 Å². The lowest BCUT2D eigenvalue weighted by Crippen LogP contribution is -2.34. The average molecular weight is 222 g/mol. The van der Waals surface area contributed by atoms with Crippen LogP contribution in [0.1, 0.15) is 39.0 Å². The van der Waals surface area contributed by atoms with Crippen LogP contribution in [0.3, 0.4) is 0 Å². The van der Waals surface area contributed by atoms with Gasteiger partial charge in [0.25, 0.3) is 0 Å². The minimum absolute atomic E-state index is 0.107. The van der Waals surface area contributed by atoms with Crippen molar-refractivity contribution in [2.75, 3.05) is 6.54 Å². The first-order valence-corrected chi connectivity index (χ1v) is 6.07. The summed E-state index contributed by atoms with van der Waals surface area (Å²) in [5.74, 6) is 0.140. The number of allylic oxidation sites excluding steroid dienone is 2. The summed E-state index contributed by atoms with van der Waals surface area (Å²) in [5.41, 5.74) is 6.63. The summed E-state index contributed by atoms with van der Waals surface area (Å²) in [7, 11) is 0. The van der Waals surface area contributed by atoms with E-state index in [9.17, 15) is 4.79 Å². The normalized spacial score (nSPS) is 19.4. The summed E-state index contributed by atoms with van der Waals surface area (Å²) in [6, 6.07) is 0.107. The molecule has 0 saturated carbocycles. The zero-order valence-electron chi connectivity index (χ0n) is 10.0. The molecular weight excluding hydrogens is 200 g/mol. The molecule has 1 aliphatic carbocycles. The topological polar surface area (TPSA) is 55.1 Å². The Bertz CT molecular complexity index is 282. The van der Waals surface area contributed by atoms with Crippen LogP contribution in [-0.4, -0.2) is 18.5 Å². The Labute approximate surface area is 97.8 Å². The first-order valence-electron chi connectivity index (χ1n) is 6.07. The molecule has 0 spiro atoms. The van der Waals surface area contributed by atoms with Gasteiger partial charge >= 0.3 is 0 Å². The van der Waals surface area contributed by atoms with Crippen molar-refractivity contribution in [3.05, 3.63) is 23.8 Å². The summed E-state index contributed by atoms with van der Waals surface area (Å²) in [5, 5.41) is 3.02. The zero-order valence-corrected chi connectivity index (χ0v) is 10.0. The summed E-state index contributed by atoms with van der Waals surface area (Å²) in [4.78, 5) is 11.6. The SMILES string of the molecule is CC1=CCC=CC1NC(=O)CCCCCN. The molecule has 3 nitrogen and oxygen atoms in total. The van der Waals surface area contributed by atoms with E-state index in [0.29, 0.717) is 6.42 Å². The van der Waals surface area contributed by atoms with Gasteiger partial charge < -0.3 is 11.1 Å². The minimum atomic E-state index is 0.107. The molecule has 3 heteroatoms. The van der Waals surface area contributed by atoms with Crippen molar-refractivity contribution in [3.8, 4) is 0 Å². The van der Waals surface area contributed by atoms with E-state index < -0.39 is 0 Å². The number of amides is 1. The van der Waals surface area contributed by atoms with Crippen molar-refractivity contribution >= 4 is 5.91 Å². The van der Waals surface area contributed by atoms with Crippen molar-refractivity contribution in [1.29, 1.82) is 0 Å². The fourth-order valence-electron chi connectivity index (χ4n) is 1.76. The second-order valence-corrected chi connectivity index (χ2v) is 4.26. The van der Waals surface area contributed by atoms with Gasteiger partial charge in [0, 0.05) is 6.42 Å². The maximum Gasteiger partial charge on any atom is 0.220 e. The van der Waals surface area contributed by atoms with Gasteiger partial charge in [0.05, 0.1) is 6.04 Å². The lowest BCUT2D eigenvalue weighted by atomic mass is 10.0. The summed E-state index contributed by atoms with van der Waals surface area (Å²) in [6.07, 6.45) is 10.9. The van der Waals surface area contributed by atoms with Crippen LogP contribution in [0.2, 0.25) is 0 Å². The Hall–Kier alpha value is -1.09. The summed E-state index contributed by atoms with van der Waals surface area (Å²) < 4.78 is 0. The molecule has 16 heavy (non-hydrogen) atoms. The minimum Gasteiger partial charge on any atom is -0.346 e. The third kappa shape index (κ3) is 4.62. The van der Waals surface area contributed by atoms with E-state index in [4.69, 9.17) is 5.73 Å². The zero-order chi connectivity index (χ0) is 11.8. The molecule has 0 aromatic carbocycles. The fraction of sp³-hybridized carbons (Fsp3) is 0.615. The molecule has 1 atom stereocenters. The van der Waals surface area contributed by atoms with Gasteiger partial charge in [-0.15, -0.1) is 0 Å². The Morgan fingerprint density at radius 2 is 2.31 bits per heavy atom. The number of hydrogen-bond donors (Lipinski definition) is 2. The highest BCUT2D eigenvalue weighted by atomic mass is 16.1. The number of nitrogens with one attached hydrogen (secondary N) is 1. The number of rotatable bonds is 6. The Morgan fingerprint density at radius 1 is 1.50 bits per heavy atom. The van der Waals surface area contributed by atoms with Gasteiger partial charge in [-0.1, -0.05) is 30.2 Å². The van der Waals surface area contributed by atoms with Gasteiger partial charge in [0.15, 0.2) is 0 Å². The van der Waals surface area contributed by atoms with Gasteiger partial charge in [0.2, 0.25) is 5.91 Å². The molecule has 1 rings (SSSR count). The molecule has 3 N–H and O–H groups in total. The Balaban J connectivity index is 2.20. The lowest BCUT2D eigenvalue weighted by molar-refractivity contribution is -0.121. The Morgan fingerprint density at radius 3 is 3.00 bits per heavy atom. The van der Waals surface area contributed by atoms with E-state index in [1.54, 1.807) is 0 Å². The summed E-state index contributed by atoms with van der Waals surface area (Å²) >= 11 is 0. The second kappa shape index (κ2) is 7.23. The van der Waals surface area contributed by atoms with Crippen LogP contribution in [-0.2, 0) is 4.79 Å². The van der Waals surface area contributed by atoms with Crippen LogP contribution in [0, 0.1) is 0 Å². The quantitative estimate of drug-likeness (QED) is 0.532. The van der Waals surface area contributed by atoms with Crippen molar-refractivity contribution < 1.29 is 4.79 Å². The van der Waals surface area contributed by atoms with Gasteiger partial charge in [-0.3, -0.25) is 4.79 Å². The van der Waals surface area contributed by atoms with E-state index in [1.165, 1.54) is 5.57 Å². The molecule has 0 aromatic rings. The lowest BCUT2D eigenvalue weighted by Gasteiger charge is -2.18. The van der Waals surface area contributed by atoms with Crippen LogP contribution in [0.5, 0.6) is 0 Å². The standard InChI is InChI=1S/C13H22N2O/c1-11-7-4-5-8-12(11)15-13(16)9-3-2-6-10-14/h5,7-8,12H,2-4,6,9-10,14H2,1H3,(H,15,16). The van der Waals surface area contributed by atoms with Crippen LogP contribution in [0.25, 0.3) is 0 Å². The molecule has 0 radical (unpaired) electrons. The Kier molecular flexibility index (Phi) is 5.86. The van der Waals surface area contributed by atoms with E-state index in [1.807, 2.05) is 0 Å². The third-order valence-electron chi connectivity index (χ3n) is 2.82. The predicted octanol–water partition coefficient (Wildman–Crippen LogP) is 1.90. The molecule has 1 aliphatic rings. The van der Waals surface area contributed by atoms with Gasteiger partial charge in [0.1, 0.15) is 0 Å². The van der Waals surface area contributed by atoms with Gasteiger partial charge in [-0.25, -0.2) is 0 Å². The predicted molar refractivity (Wildman–Crippen MR) is 67.0 cm³/mol. The van der Waals surface area contributed by atoms with E-state index in [2.05, 4.69) is 30.5 Å². The van der Waals surface area contributed by atoms with Crippen molar-refractivity contribution in [1.82, 2.24) is 5.32 Å². The van der Waals surface area contributed by atoms with E-state index in [0.717, 1.165) is 32.2 Å². The molecule has 1 amide bonds. The first kappa shape index (κ1) is 13.0. The first-order chi connectivity index (χ1) is 7.74. The number of hydrogen-bond acceptors (Lipinski definition) is 2. The highest BCUT2D eigenvalue weighted by Gasteiger charge is 2.12. The van der Waals surface area contributed by atoms with Gasteiger partial charge in [-0.2, -0.15) is 0 Å². The molecule has 0 bridgehead atoms. The van der Waals surface area contributed by atoms with Crippen molar-refractivity contribution in [3.63, 3.8) is 0 Å². The fourth-order valence-corrected chi connectivity index (χ4v) is 1.76. The summed E-state index contributed by atoms with van der Waals surface area (Å²) in [6.45, 7) is 2.78. The number of unbranched alkanes of at least 4 members (excludes halogenated alkanes) is 2. The highest BCUT2D eigenvalue weighted by Crippen LogP contribution is 2.11. The van der Waals surface area contributed by atoms with Crippen molar-refractivity contribution in [2.24, 2.45) is 5.73 Å². The molecule has 0 fully saturated rings. The largest absolute Gasteiger partial charge is 0.346 e. The van der Waals surface area contributed by atoms with E-state index in [-0.39, 0.29) is 11.9 Å². The maximum atomic E-state index is 11.6. The molecule has 1 unspecified atom stereocenters. The molecule has 0 aliphatic heterocycles. The molecule has 90 valence electrons. The monoisotopic (exact) mass is 222 g/mol. The smallest absolute Gasteiger partial charge is 0.220 e. The average Bonchev–Trinajstić information content (AvgIpc) is 2.28. The van der Waals surface area contributed by atoms with Crippen LogP contribution in [0.15, 0.2) is 23.8 Å². The number of nitrogens with two attached hydrogens (primary N) is 1. The van der Waals surface area contributed by atoms with E-state index >= 15 is 0 Å². The molecule has 0 saturated heterocycles. The van der Waals surface area contributed by atoms with Crippen LogP contribution < -0.4 is 11.1 Å². The second-order valence-electron chi connectivity index (χ2n) is 4.26. The number of carbonyl (C=O) groups excluding carboxylic acids is 1. The van der Waals surface area contributed by atoms with Crippen molar-refractivity contribution in [2.45, 2.75) is 45.1 Å². The third-order valence-corrected chi connectivity index (χ3v) is 2.82. The molecular formula is C13H22N2O. The van der Waals surface area contributed by atoms with Crippen LogP contribution in [0.4, 0.5) is 0 Å². The maximum absolute atomic E-state index is 11.6. The van der Waals surface area contributed by atoms with Crippen LogP contribution >= 0.6 is 0 Å². The molecule has 0 heterocycles. The molecule has 0 aromatic heterocycles. The number of carbonyl (C=O) groups is 1.